The average Bonchev–Trinajstić information content (AvgIpc) is 3.00. The third-order valence-electron chi connectivity index (χ3n) is 8.01. The smallest absolute Gasteiger partial charge is 0.336 e. The normalized spacial score (nSPS) is 14.4. The van der Waals surface area contributed by atoms with Gasteiger partial charge in [-0.3, -0.25) is 4.79 Å². The molecule has 1 aromatic carbocycles. The molecule has 0 heterocycles. The van der Waals surface area contributed by atoms with Crippen LogP contribution in [0.3, 0.4) is 0 Å². The van der Waals surface area contributed by atoms with E-state index in [0.29, 0.717) is 43.6 Å². The maximum atomic E-state index is 13.4. The Kier molecular flexibility index (Phi) is 20.2. The van der Waals surface area contributed by atoms with E-state index in [9.17, 15) is 38.1 Å². The molecule has 1 aromatic rings. The van der Waals surface area contributed by atoms with Gasteiger partial charge in [0.05, 0.1) is 24.0 Å². The molecule has 4 N–H and O–H groups in total. The summed E-state index contributed by atoms with van der Waals surface area (Å²) in [5.74, 6) is -4.18. The molecule has 10 nitrogen and oxygen atoms in total. The average molecular weight is 668 g/mol. The molecule has 0 aliphatic carbocycles. The van der Waals surface area contributed by atoms with Crippen LogP contribution >= 0.6 is 0 Å². The Morgan fingerprint density at radius 3 is 1.98 bits per heavy atom. The number of rotatable bonds is 27. The van der Waals surface area contributed by atoms with E-state index in [1.54, 1.807) is 37.3 Å². The van der Waals surface area contributed by atoms with E-state index in [1.165, 1.54) is 6.08 Å². The van der Waals surface area contributed by atoms with Gasteiger partial charge in [-0.05, 0) is 56.2 Å². The first-order chi connectivity index (χ1) is 21.9. The standard InChI is InChI=1S/C35H57NO9S/c1-4-7-9-13-16-25-46(43,44)26-17-14-11-10-12-15-18-30(35(42,23-6-3)34(40)41)32(37)36-31(33(38)39)27-28-19-21-29(22-20-28)45-24-8-5-2/h15,18-22,30-31,42H,4-14,16-17,23-27H2,1-3H3,(H,36,37)(H,38,39)(H,40,41)/b18-15+/t30-,31+,35+/m1/s1. The molecule has 0 radical (unpaired) electrons. The summed E-state index contributed by atoms with van der Waals surface area (Å²) in [4.78, 5) is 37.6. The fourth-order valence-electron chi connectivity index (χ4n) is 5.19. The maximum absolute atomic E-state index is 13.4. The monoisotopic (exact) mass is 667 g/mol. The molecule has 0 bridgehead atoms. The van der Waals surface area contributed by atoms with Crippen LogP contribution < -0.4 is 10.1 Å². The number of aliphatic hydroxyl groups is 1. The summed E-state index contributed by atoms with van der Waals surface area (Å²) in [7, 11) is -3.05. The summed E-state index contributed by atoms with van der Waals surface area (Å²) in [6, 6.07) is 5.56. The molecule has 0 unspecified atom stereocenters. The number of hydrogen-bond donors (Lipinski definition) is 4. The zero-order chi connectivity index (χ0) is 34.4. The summed E-state index contributed by atoms with van der Waals surface area (Å²) in [5, 5.41) is 33.3. The maximum Gasteiger partial charge on any atom is 0.336 e. The minimum atomic E-state index is -3.05. The quantitative estimate of drug-likeness (QED) is 0.0640. The third kappa shape index (κ3) is 16.1. The van der Waals surface area contributed by atoms with Gasteiger partial charge in [-0.25, -0.2) is 18.0 Å². The number of unbranched alkanes of at least 4 members (excludes halogenated alkanes) is 9. The lowest BCUT2D eigenvalue weighted by Gasteiger charge is -2.30. The predicted octanol–water partition coefficient (Wildman–Crippen LogP) is 6.10. The first-order valence-corrected chi connectivity index (χ1v) is 18.8. The Labute approximate surface area is 275 Å². The second kappa shape index (κ2) is 22.6. The van der Waals surface area contributed by atoms with Gasteiger partial charge in [-0.2, -0.15) is 0 Å². The Balaban J connectivity index is 2.79. The number of aliphatic carboxylic acids is 2. The van der Waals surface area contributed by atoms with Gasteiger partial charge in [0.2, 0.25) is 5.91 Å². The largest absolute Gasteiger partial charge is 0.494 e. The van der Waals surface area contributed by atoms with E-state index >= 15 is 0 Å². The number of amides is 1. The highest BCUT2D eigenvalue weighted by atomic mass is 32.2. The van der Waals surface area contributed by atoms with Crippen molar-refractivity contribution in [3.05, 3.63) is 42.0 Å². The van der Waals surface area contributed by atoms with Crippen molar-refractivity contribution in [2.45, 2.75) is 129 Å². The van der Waals surface area contributed by atoms with Gasteiger partial charge in [0, 0.05) is 6.42 Å². The Bertz CT molecular complexity index is 1170. The highest BCUT2D eigenvalue weighted by Crippen LogP contribution is 2.27. The van der Waals surface area contributed by atoms with Gasteiger partial charge < -0.3 is 25.4 Å². The number of nitrogens with one attached hydrogen (secondary N) is 1. The van der Waals surface area contributed by atoms with Crippen LogP contribution in [0.25, 0.3) is 0 Å². The first-order valence-electron chi connectivity index (χ1n) is 17.0. The molecule has 0 saturated heterocycles. The fourth-order valence-corrected chi connectivity index (χ4v) is 6.68. The van der Waals surface area contributed by atoms with Crippen LogP contribution in [-0.4, -0.2) is 71.3 Å². The molecule has 1 amide bonds. The molecule has 0 saturated carbocycles. The lowest BCUT2D eigenvalue weighted by molar-refractivity contribution is -0.167. The topological polar surface area (TPSA) is 167 Å². The Hall–Kier alpha value is -2.92. The molecule has 262 valence electrons. The molecule has 0 aliphatic heterocycles. The molecule has 46 heavy (non-hydrogen) atoms. The number of benzene rings is 1. The Morgan fingerprint density at radius 1 is 0.848 bits per heavy atom. The summed E-state index contributed by atoms with van der Waals surface area (Å²) >= 11 is 0. The molecule has 0 aliphatic rings. The molecular weight excluding hydrogens is 610 g/mol. The van der Waals surface area contributed by atoms with E-state index in [2.05, 4.69) is 19.2 Å². The highest BCUT2D eigenvalue weighted by molar-refractivity contribution is 7.91. The number of allylic oxidation sites excluding steroid dienone is 1. The molecule has 11 heteroatoms. The molecule has 3 atom stereocenters. The number of sulfone groups is 1. The van der Waals surface area contributed by atoms with Crippen LogP contribution in [0.5, 0.6) is 5.75 Å². The first kappa shape index (κ1) is 41.1. The van der Waals surface area contributed by atoms with Crippen LogP contribution in [0.1, 0.15) is 116 Å². The van der Waals surface area contributed by atoms with Crippen LogP contribution in [0.15, 0.2) is 36.4 Å². The number of carboxylic acids is 2. The zero-order valence-corrected chi connectivity index (χ0v) is 28.9. The van der Waals surface area contributed by atoms with Gasteiger partial charge in [-0.15, -0.1) is 0 Å². The van der Waals surface area contributed by atoms with Crippen LogP contribution in [0.4, 0.5) is 0 Å². The van der Waals surface area contributed by atoms with Crippen molar-refractivity contribution < 1.29 is 42.9 Å². The van der Waals surface area contributed by atoms with Crippen molar-refractivity contribution in [2.24, 2.45) is 5.92 Å². The van der Waals surface area contributed by atoms with Crippen molar-refractivity contribution in [3.63, 3.8) is 0 Å². The van der Waals surface area contributed by atoms with Gasteiger partial charge >= 0.3 is 11.9 Å². The van der Waals surface area contributed by atoms with Crippen molar-refractivity contribution in [1.29, 1.82) is 0 Å². The van der Waals surface area contributed by atoms with Crippen LogP contribution in [0, 0.1) is 5.92 Å². The fraction of sp³-hybridized carbons (Fsp3) is 0.686. The van der Waals surface area contributed by atoms with Crippen LogP contribution in [0.2, 0.25) is 0 Å². The molecule has 1 rings (SSSR count). The summed E-state index contributed by atoms with van der Waals surface area (Å²) < 4.78 is 30.2. The van der Waals surface area contributed by atoms with E-state index in [0.717, 1.165) is 51.4 Å². The van der Waals surface area contributed by atoms with Crippen LogP contribution in [-0.2, 0) is 30.6 Å². The van der Waals surface area contributed by atoms with Gasteiger partial charge in [0.1, 0.15) is 21.6 Å². The van der Waals surface area contributed by atoms with E-state index in [-0.39, 0.29) is 30.8 Å². The molecule has 0 spiro atoms. The molecule has 0 fully saturated rings. The third-order valence-corrected chi connectivity index (χ3v) is 9.83. The molecular formula is C35H57NO9S. The van der Waals surface area contributed by atoms with Gasteiger partial charge in [-0.1, -0.05) is 96.4 Å². The van der Waals surface area contributed by atoms with E-state index in [4.69, 9.17) is 4.74 Å². The molecule has 0 aromatic heterocycles. The minimum absolute atomic E-state index is 0.0411. The van der Waals surface area contributed by atoms with Crippen molar-refractivity contribution in [1.82, 2.24) is 5.32 Å². The Morgan fingerprint density at radius 2 is 1.43 bits per heavy atom. The zero-order valence-electron chi connectivity index (χ0n) is 28.0. The summed E-state index contributed by atoms with van der Waals surface area (Å²) in [6.07, 6.45) is 13.1. The van der Waals surface area contributed by atoms with Crippen molar-refractivity contribution in [2.75, 3.05) is 18.1 Å². The summed E-state index contributed by atoms with van der Waals surface area (Å²) in [5.41, 5.74) is -1.77. The van der Waals surface area contributed by atoms with Gasteiger partial charge in [0.25, 0.3) is 0 Å². The second-order valence-electron chi connectivity index (χ2n) is 12.1. The number of ether oxygens (including phenoxy) is 1. The van der Waals surface area contributed by atoms with E-state index < -0.39 is 45.2 Å². The predicted molar refractivity (Wildman–Crippen MR) is 181 cm³/mol. The van der Waals surface area contributed by atoms with E-state index in [1.807, 2.05) is 0 Å². The van der Waals surface area contributed by atoms with Crippen molar-refractivity contribution >= 4 is 27.7 Å². The number of carbonyl (C=O) groups excluding carboxylic acids is 1. The highest BCUT2D eigenvalue weighted by Gasteiger charge is 2.46. The number of hydrogen-bond acceptors (Lipinski definition) is 7. The number of carboxylic acid groups (broad SMARTS) is 2. The number of carbonyl (C=O) groups is 3. The van der Waals surface area contributed by atoms with Crippen molar-refractivity contribution in [3.8, 4) is 5.75 Å². The lowest BCUT2D eigenvalue weighted by atomic mass is 9.82. The van der Waals surface area contributed by atoms with Gasteiger partial charge in [0.15, 0.2) is 5.60 Å². The minimum Gasteiger partial charge on any atom is -0.494 e. The SMILES string of the molecule is CCCCCCCS(=O)(=O)CCCCCC/C=C/[C@H](C(=O)N[C@@H](Cc1ccc(OCCCC)cc1)C(=O)O)[C@@](O)(CCC)C(=O)O. The summed E-state index contributed by atoms with van der Waals surface area (Å²) in [6.45, 7) is 6.44. The second-order valence-corrected chi connectivity index (χ2v) is 14.4. The lowest BCUT2D eigenvalue weighted by Crippen LogP contribution is -2.54.